The lowest BCUT2D eigenvalue weighted by atomic mass is 9.84. The molecule has 1 aliphatic carbocycles. The number of amides is 1. The van der Waals surface area contributed by atoms with Gasteiger partial charge in [0.2, 0.25) is 0 Å². The molecule has 116 valence electrons. The molecule has 0 aromatic carbocycles. The van der Waals surface area contributed by atoms with Crippen molar-refractivity contribution in [2.75, 3.05) is 19.7 Å². The first-order chi connectivity index (χ1) is 9.63. The van der Waals surface area contributed by atoms with E-state index in [9.17, 15) is 9.90 Å². The van der Waals surface area contributed by atoms with Gasteiger partial charge in [-0.15, -0.1) is 0 Å². The highest BCUT2D eigenvalue weighted by molar-refractivity contribution is 5.67. The molecule has 5 nitrogen and oxygen atoms in total. The van der Waals surface area contributed by atoms with Gasteiger partial charge in [-0.2, -0.15) is 0 Å². The molecule has 5 heteroatoms. The van der Waals surface area contributed by atoms with Gasteiger partial charge in [-0.1, -0.05) is 13.3 Å². The Hall–Kier alpha value is -0.810. The van der Waals surface area contributed by atoms with Crippen LogP contribution in [0.25, 0.3) is 0 Å². The van der Waals surface area contributed by atoms with Crippen molar-refractivity contribution in [3.8, 4) is 0 Å². The summed E-state index contributed by atoms with van der Waals surface area (Å²) < 4.78 is 4.97. The number of carbonyl (C=O) groups excluding carboxylic acids is 1. The smallest absolute Gasteiger partial charge is 0.407 e. The van der Waals surface area contributed by atoms with Gasteiger partial charge in [0.25, 0.3) is 0 Å². The van der Waals surface area contributed by atoms with Crippen LogP contribution in [0.1, 0.15) is 46.0 Å². The van der Waals surface area contributed by atoms with E-state index in [0.717, 1.165) is 25.9 Å². The van der Waals surface area contributed by atoms with Gasteiger partial charge in [0.15, 0.2) is 0 Å². The van der Waals surface area contributed by atoms with Crippen LogP contribution >= 0.6 is 0 Å². The normalized spacial score (nSPS) is 29.6. The molecule has 2 fully saturated rings. The zero-order valence-electron chi connectivity index (χ0n) is 12.7. The van der Waals surface area contributed by atoms with Crippen LogP contribution in [0.3, 0.4) is 0 Å². The first-order valence-corrected chi connectivity index (χ1v) is 7.99. The van der Waals surface area contributed by atoms with Crippen LogP contribution in [0.5, 0.6) is 0 Å². The quantitative estimate of drug-likeness (QED) is 0.807. The molecule has 3 atom stereocenters. The highest BCUT2D eigenvalue weighted by Gasteiger charge is 2.36. The summed E-state index contributed by atoms with van der Waals surface area (Å²) in [4.78, 5) is 14.1. The number of nitrogens with zero attached hydrogens (tertiary/aromatic N) is 1. The molecule has 3 unspecified atom stereocenters. The summed E-state index contributed by atoms with van der Waals surface area (Å²) in [6, 6.07) is 0.739. The van der Waals surface area contributed by atoms with Crippen molar-refractivity contribution in [2.24, 2.45) is 5.92 Å². The Morgan fingerprint density at radius 1 is 1.40 bits per heavy atom. The highest BCUT2D eigenvalue weighted by Crippen LogP contribution is 2.30. The molecule has 1 amide bonds. The molecule has 1 aliphatic heterocycles. The Bertz CT molecular complexity index is 307. The number of aliphatic hydroxyl groups excluding tert-OH is 1. The SMILES string of the molecule is CCOC(=O)NC1CC(C(O)CC)CN(C2CCC2)C1. The maximum absolute atomic E-state index is 11.6. The topological polar surface area (TPSA) is 61.8 Å². The van der Waals surface area contributed by atoms with E-state index in [0.29, 0.717) is 12.6 Å². The van der Waals surface area contributed by atoms with Gasteiger partial charge in [0, 0.05) is 25.2 Å². The zero-order chi connectivity index (χ0) is 14.5. The molecule has 2 aliphatic rings. The minimum Gasteiger partial charge on any atom is -0.450 e. The Labute approximate surface area is 121 Å². The van der Waals surface area contributed by atoms with E-state index in [4.69, 9.17) is 4.74 Å². The molecule has 1 saturated carbocycles. The van der Waals surface area contributed by atoms with Crippen molar-refractivity contribution in [2.45, 2.75) is 64.1 Å². The zero-order valence-corrected chi connectivity index (χ0v) is 12.7. The third-order valence-corrected chi connectivity index (χ3v) is 4.66. The third-order valence-electron chi connectivity index (χ3n) is 4.66. The number of piperidine rings is 1. The Morgan fingerprint density at radius 3 is 2.70 bits per heavy atom. The monoisotopic (exact) mass is 284 g/mol. The largest absolute Gasteiger partial charge is 0.450 e. The van der Waals surface area contributed by atoms with Crippen LogP contribution in [-0.4, -0.2) is 54.0 Å². The molecule has 1 saturated heterocycles. The van der Waals surface area contributed by atoms with Crippen LogP contribution in [0, 0.1) is 5.92 Å². The summed E-state index contributed by atoms with van der Waals surface area (Å²) in [5.41, 5.74) is 0. The molecule has 0 spiro atoms. The van der Waals surface area contributed by atoms with Crippen LogP contribution in [-0.2, 0) is 4.74 Å². The summed E-state index contributed by atoms with van der Waals surface area (Å²) in [5.74, 6) is 0.251. The Kier molecular flexibility index (Phi) is 5.66. The van der Waals surface area contributed by atoms with Crippen molar-refractivity contribution < 1.29 is 14.6 Å². The lowest BCUT2D eigenvalue weighted by Crippen LogP contribution is -2.57. The summed E-state index contributed by atoms with van der Waals surface area (Å²) in [6.07, 6.45) is 4.81. The highest BCUT2D eigenvalue weighted by atomic mass is 16.5. The van der Waals surface area contributed by atoms with E-state index < -0.39 is 0 Å². The molecule has 0 radical (unpaired) electrons. The number of hydrogen-bond donors (Lipinski definition) is 2. The molecular weight excluding hydrogens is 256 g/mol. The van der Waals surface area contributed by atoms with Gasteiger partial charge in [-0.25, -0.2) is 4.79 Å². The fourth-order valence-electron chi connectivity index (χ4n) is 3.28. The molecule has 1 heterocycles. The van der Waals surface area contributed by atoms with Crippen LogP contribution < -0.4 is 5.32 Å². The maximum Gasteiger partial charge on any atom is 0.407 e. The molecule has 2 N–H and O–H groups in total. The second kappa shape index (κ2) is 7.27. The summed E-state index contributed by atoms with van der Waals surface area (Å²) in [7, 11) is 0. The summed E-state index contributed by atoms with van der Waals surface area (Å²) in [6.45, 7) is 6.06. The Morgan fingerprint density at radius 2 is 2.15 bits per heavy atom. The lowest BCUT2D eigenvalue weighted by molar-refractivity contribution is 0.00254. The fraction of sp³-hybridized carbons (Fsp3) is 0.933. The molecule has 0 bridgehead atoms. The predicted octanol–water partition coefficient (Wildman–Crippen LogP) is 1.75. The second-order valence-corrected chi connectivity index (χ2v) is 6.07. The van der Waals surface area contributed by atoms with Crippen LogP contribution in [0.4, 0.5) is 4.79 Å². The van der Waals surface area contributed by atoms with E-state index in [2.05, 4.69) is 10.2 Å². The number of rotatable bonds is 5. The first kappa shape index (κ1) is 15.6. The number of alkyl carbamates (subject to hydrolysis) is 1. The molecule has 2 rings (SSSR count). The Balaban J connectivity index is 1.93. The number of hydrogen-bond acceptors (Lipinski definition) is 4. The van der Waals surface area contributed by atoms with E-state index in [1.807, 2.05) is 13.8 Å². The minimum atomic E-state index is -0.335. The minimum absolute atomic E-state index is 0.0922. The van der Waals surface area contributed by atoms with Gasteiger partial charge < -0.3 is 15.2 Å². The summed E-state index contributed by atoms with van der Waals surface area (Å²) >= 11 is 0. The average molecular weight is 284 g/mol. The van der Waals surface area contributed by atoms with Crippen molar-refractivity contribution in [3.63, 3.8) is 0 Å². The number of aliphatic hydroxyl groups is 1. The molecular formula is C15H28N2O3. The molecule has 0 aromatic rings. The molecule has 0 aromatic heterocycles. The van der Waals surface area contributed by atoms with E-state index in [-0.39, 0.29) is 24.2 Å². The van der Waals surface area contributed by atoms with Gasteiger partial charge in [0.1, 0.15) is 0 Å². The van der Waals surface area contributed by atoms with E-state index >= 15 is 0 Å². The first-order valence-electron chi connectivity index (χ1n) is 7.99. The van der Waals surface area contributed by atoms with Crippen molar-refractivity contribution >= 4 is 6.09 Å². The van der Waals surface area contributed by atoms with Gasteiger partial charge in [-0.3, -0.25) is 4.90 Å². The number of nitrogens with one attached hydrogen (secondary N) is 1. The molecule has 20 heavy (non-hydrogen) atoms. The van der Waals surface area contributed by atoms with Crippen molar-refractivity contribution in [1.29, 1.82) is 0 Å². The van der Waals surface area contributed by atoms with Crippen molar-refractivity contribution in [3.05, 3.63) is 0 Å². The fourth-order valence-corrected chi connectivity index (χ4v) is 3.28. The number of carbonyl (C=O) groups is 1. The number of ether oxygens (including phenoxy) is 1. The third kappa shape index (κ3) is 3.85. The average Bonchev–Trinajstić information content (AvgIpc) is 2.35. The standard InChI is InChI=1S/C15H28N2O3/c1-3-14(18)11-8-12(16-15(19)20-4-2)10-17(9-11)13-6-5-7-13/h11-14,18H,3-10H2,1-2H3,(H,16,19). The predicted molar refractivity (Wildman–Crippen MR) is 77.6 cm³/mol. The van der Waals surface area contributed by atoms with Gasteiger partial charge in [-0.05, 0) is 38.5 Å². The maximum atomic E-state index is 11.6. The summed E-state index contributed by atoms with van der Waals surface area (Å²) in [5, 5.41) is 13.1. The van der Waals surface area contributed by atoms with Gasteiger partial charge in [0.05, 0.1) is 12.7 Å². The van der Waals surface area contributed by atoms with Gasteiger partial charge >= 0.3 is 6.09 Å². The van der Waals surface area contributed by atoms with E-state index in [1.165, 1.54) is 19.3 Å². The second-order valence-electron chi connectivity index (χ2n) is 6.07. The van der Waals surface area contributed by atoms with Crippen LogP contribution in [0.15, 0.2) is 0 Å². The lowest BCUT2D eigenvalue weighted by Gasteiger charge is -2.46. The van der Waals surface area contributed by atoms with Crippen LogP contribution in [0.2, 0.25) is 0 Å². The number of likely N-dealkylation sites (tertiary alicyclic amines) is 1. The van der Waals surface area contributed by atoms with Crippen molar-refractivity contribution in [1.82, 2.24) is 10.2 Å². The van der Waals surface area contributed by atoms with E-state index in [1.54, 1.807) is 0 Å².